The first-order valence-electron chi connectivity index (χ1n) is 9.28. The summed E-state index contributed by atoms with van der Waals surface area (Å²) < 4.78 is 11.0. The predicted octanol–water partition coefficient (Wildman–Crippen LogP) is 4.23. The zero-order chi connectivity index (χ0) is 19.4. The molecule has 2 aromatic carbocycles. The van der Waals surface area contributed by atoms with Gasteiger partial charge in [0.2, 0.25) is 5.91 Å². The third-order valence-electron chi connectivity index (χ3n) is 4.68. The molecule has 2 aromatic rings. The number of nitrogens with zero attached hydrogens (tertiary/aromatic N) is 1. The molecule has 5 heteroatoms. The molecule has 1 fully saturated rings. The van der Waals surface area contributed by atoms with Gasteiger partial charge in [0.1, 0.15) is 11.5 Å². The lowest BCUT2D eigenvalue weighted by molar-refractivity contribution is -0.136. The maximum atomic E-state index is 12.1. The molecule has 0 N–H and O–H groups in total. The largest absolute Gasteiger partial charge is 0.482 e. The topological polar surface area (TPSA) is 55.8 Å². The van der Waals surface area contributed by atoms with E-state index in [4.69, 9.17) is 9.47 Å². The van der Waals surface area contributed by atoms with Crippen LogP contribution in [0.3, 0.4) is 0 Å². The van der Waals surface area contributed by atoms with Crippen molar-refractivity contribution >= 4 is 17.6 Å². The molecule has 1 aliphatic rings. The minimum Gasteiger partial charge on any atom is -0.482 e. The van der Waals surface area contributed by atoms with Crippen LogP contribution in [0.15, 0.2) is 42.5 Å². The second kappa shape index (κ2) is 8.25. The number of anilines is 1. The first kappa shape index (κ1) is 19.0. The maximum Gasteiger partial charge on any atom is 0.349 e. The number of carbonyl (C=O) groups is 2. The van der Waals surface area contributed by atoms with Gasteiger partial charge in [0, 0.05) is 18.7 Å². The Kier molecular flexibility index (Phi) is 5.79. The predicted molar refractivity (Wildman–Crippen MR) is 104 cm³/mol. The molecule has 27 heavy (non-hydrogen) atoms. The fourth-order valence-corrected chi connectivity index (χ4v) is 3.04. The Hall–Kier alpha value is -2.82. The number of ether oxygens (including phenoxy) is 2. The summed E-state index contributed by atoms with van der Waals surface area (Å²) in [5.41, 5.74) is 2.97. The van der Waals surface area contributed by atoms with Gasteiger partial charge in [-0.05, 0) is 60.7 Å². The number of esters is 1. The molecule has 0 aliphatic carbocycles. The molecule has 0 atom stereocenters. The standard InChI is InChI=1S/C22H25NO4/c1-15(2)17-7-6-16(3)20(13-17)26-14-22(25)27-19-10-8-18(9-11-19)23-12-4-5-21(23)24/h6-11,13,15H,4-5,12,14H2,1-3H3. The first-order valence-corrected chi connectivity index (χ1v) is 9.28. The van der Waals surface area contributed by atoms with Crippen LogP contribution >= 0.6 is 0 Å². The van der Waals surface area contributed by atoms with Gasteiger partial charge in [-0.2, -0.15) is 0 Å². The van der Waals surface area contributed by atoms with E-state index in [1.807, 2.05) is 19.1 Å². The highest BCUT2D eigenvalue weighted by molar-refractivity contribution is 5.95. The molecule has 1 saturated heterocycles. The Morgan fingerprint density at radius 1 is 1.15 bits per heavy atom. The van der Waals surface area contributed by atoms with Crippen LogP contribution in [-0.2, 0) is 9.59 Å². The highest BCUT2D eigenvalue weighted by Gasteiger charge is 2.21. The van der Waals surface area contributed by atoms with Gasteiger partial charge in [0.05, 0.1) is 0 Å². The van der Waals surface area contributed by atoms with Gasteiger partial charge in [-0.1, -0.05) is 26.0 Å². The van der Waals surface area contributed by atoms with E-state index in [2.05, 4.69) is 19.9 Å². The van der Waals surface area contributed by atoms with E-state index in [9.17, 15) is 9.59 Å². The Morgan fingerprint density at radius 3 is 2.52 bits per heavy atom. The zero-order valence-electron chi connectivity index (χ0n) is 16.0. The van der Waals surface area contributed by atoms with Crippen LogP contribution in [0, 0.1) is 6.92 Å². The number of hydrogen-bond acceptors (Lipinski definition) is 4. The molecular formula is C22H25NO4. The summed E-state index contributed by atoms with van der Waals surface area (Å²) in [5, 5.41) is 0. The van der Waals surface area contributed by atoms with Crippen LogP contribution in [0.25, 0.3) is 0 Å². The van der Waals surface area contributed by atoms with E-state index in [-0.39, 0.29) is 12.5 Å². The molecule has 0 saturated carbocycles. The number of carbonyl (C=O) groups excluding carboxylic acids is 2. The van der Waals surface area contributed by atoms with E-state index in [0.29, 0.717) is 23.8 Å². The van der Waals surface area contributed by atoms with Gasteiger partial charge in [0.25, 0.3) is 0 Å². The van der Waals surface area contributed by atoms with E-state index in [1.165, 1.54) is 0 Å². The molecule has 142 valence electrons. The highest BCUT2D eigenvalue weighted by atomic mass is 16.6. The summed E-state index contributed by atoms with van der Waals surface area (Å²) in [6, 6.07) is 13.0. The normalized spacial score (nSPS) is 13.9. The molecule has 0 aromatic heterocycles. The fraction of sp³-hybridized carbons (Fsp3) is 0.364. The van der Waals surface area contributed by atoms with Gasteiger partial charge >= 0.3 is 5.97 Å². The van der Waals surface area contributed by atoms with E-state index in [1.54, 1.807) is 29.2 Å². The van der Waals surface area contributed by atoms with E-state index >= 15 is 0 Å². The van der Waals surface area contributed by atoms with Crippen molar-refractivity contribution in [2.24, 2.45) is 0 Å². The molecule has 0 spiro atoms. The molecule has 0 radical (unpaired) electrons. The van der Waals surface area contributed by atoms with Crippen molar-refractivity contribution in [3.8, 4) is 11.5 Å². The summed E-state index contributed by atoms with van der Waals surface area (Å²) in [4.78, 5) is 25.6. The first-order chi connectivity index (χ1) is 12.9. The fourth-order valence-electron chi connectivity index (χ4n) is 3.04. The van der Waals surface area contributed by atoms with E-state index < -0.39 is 5.97 Å². The molecule has 5 nitrogen and oxygen atoms in total. The third-order valence-corrected chi connectivity index (χ3v) is 4.68. The van der Waals surface area contributed by atoms with Gasteiger partial charge < -0.3 is 14.4 Å². The van der Waals surface area contributed by atoms with Crippen LogP contribution < -0.4 is 14.4 Å². The molecule has 0 bridgehead atoms. The minimum absolute atomic E-state index is 0.132. The van der Waals surface area contributed by atoms with Crippen LogP contribution in [0.2, 0.25) is 0 Å². The van der Waals surface area contributed by atoms with Crippen molar-refractivity contribution in [2.75, 3.05) is 18.1 Å². The zero-order valence-corrected chi connectivity index (χ0v) is 16.0. The Morgan fingerprint density at radius 2 is 1.89 bits per heavy atom. The van der Waals surface area contributed by atoms with Crippen LogP contribution in [0.1, 0.15) is 43.7 Å². The minimum atomic E-state index is -0.464. The summed E-state index contributed by atoms with van der Waals surface area (Å²) >= 11 is 0. The van der Waals surface area contributed by atoms with Crippen molar-refractivity contribution in [1.82, 2.24) is 0 Å². The number of amides is 1. The Labute approximate surface area is 159 Å². The van der Waals surface area contributed by atoms with Crippen molar-refractivity contribution in [2.45, 2.75) is 39.5 Å². The van der Waals surface area contributed by atoms with Crippen molar-refractivity contribution in [3.05, 3.63) is 53.6 Å². The van der Waals surface area contributed by atoms with Gasteiger partial charge in [-0.25, -0.2) is 4.79 Å². The summed E-state index contributed by atoms with van der Waals surface area (Å²) in [6.07, 6.45) is 1.47. The quantitative estimate of drug-likeness (QED) is 0.566. The molecule has 1 aliphatic heterocycles. The van der Waals surface area contributed by atoms with Gasteiger partial charge in [-0.15, -0.1) is 0 Å². The number of rotatable bonds is 6. The number of benzene rings is 2. The molecule has 0 unspecified atom stereocenters. The average molecular weight is 367 g/mol. The lowest BCUT2D eigenvalue weighted by atomic mass is 10.0. The van der Waals surface area contributed by atoms with Gasteiger partial charge in [0.15, 0.2) is 6.61 Å². The monoisotopic (exact) mass is 367 g/mol. The molecule has 3 rings (SSSR count). The summed E-state index contributed by atoms with van der Waals surface area (Å²) in [7, 11) is 0. The third kappa shape index (κ3) is 4.67. The lowest BCUT2D eigenvalue weighted by Gasteiger charge is -2.16. The Bertz CT molecular complexity index is 827. The van der Waals surface area contributed by atoms with Gasteiger partial charge in [-0.3, -0.25) is 4.79 Å². The highest BCUT2D eigenvalue weighted by Crippen LogP contribution is 2.25. The van der Waals surface area contributed by atoms with Crippen molar-refractivity contribution < 1.29 is 19.1 Å². The second-order valence-electron chi connectivity index (χ2n) is 7.09. The lowest BCUT2D eigenvalue weighted by Crippen LogP contribution is -2.23. The summed E-state index contributed by atoms with van der Waals surface area (Å²) in [5.74, 6) is 1.19. The Balaban J connectivity index is 1.56. The smallest absolute Gasteiger partial charge is 0.349 e. The SMILES string of the molecule is Cc1ccc(C(C)C)cc1OCC(=O)Oc1ccc(N2CCCC2=O)cc1. The summed E-state index contributed by atoms with van der Waals surface area (Å²) in [6.45, 7) is 6.75. The molecule has 1 amide bonds. The second-order valence-corrected chi connectivity index (χ2v) is 7.09. The van der Waals surface area contributed by atoms with Crippen LogP contribution in [0.5, 0.6) is 11.5 Å². The van der Waals surface area contributed by atoms with E-state index in [0.717, 1.165) is 29.8 Å². The molecule has 1 heterocycles. The maximum absolute atomic E-state index is 12.1. The van der Waals surface area contributed by atoms with Crippen LogP contribution in [0.4, 0.5) is 5.69 Å². The van der Waals surface area contributed by atoms with Crippen LogP contribution in [-0.4, -0.2) is 25.0 Å². The van der Waals surface area contributed by atoms with Crippen molar-refractivity contribution in [3.63, 3.8) is 0 Å². The number of hydrogen-bond donors (Lipinski definition) is 0. The molecular weight excluding hydrogens is 342 g/mol. The number of aryl methyl sites for hydroxylation is 1. The average Bonchev–Trinajstić information content (AvgIpc) is 3.07. The van der Waals surface area contributed by atoms with Crippen molar-refractivity contribution in [1.29, 1.82) is 0 Å².